The van der Waals surface area contributed by atoms with E-state index in [9.17, 15) is 19.2 Å². The van der Waals surface area contributed by atoms with E-state index in [0.717, 1.165) is 11.1 Å². The van der Waals surface area contributed by atoms with Gasteiger partial charge in [0.25, 0.3) is 5.91 Å². The van der Waals surface area contributed by atoms with Crippen LogP contribution in [0.1, 0.15) is 47.3 Å². The minimum Gasteiger partial charge on any atom is -0.495 e. The summed E-state index contributed by atoms with van der Waals surface area (Å²) in [7, 11) is 7.61. The molecule has 0 aromatic heterocycles. The van der Waals surface area contributed by atoms with Crippen molar-refractivity contribution in [2.45, 2.75) is 38.3 Å². The lowest BCUT2D eigenvalue weighted by atomic mass is 9.95. The normalized spacial score (nSPS) is 13.9. The number of rotatable bonds is 13. The second-order valence-electron chi connectivity index (χ2n) is 11.1. The predicted octanol–water partition coefficient (Wildman–Crippen LogP) is 4.40. The van der Waals surface area contributed by atoms with Crippen LogP contribution >= 0.6 is 11.8 Å². The number of methoxy groups -OCH3 is 4. The highest BCUT2D eigenvalue weighted by Crippen LogP contribution is 2.50. The molecule has 0 spiro atoms. The fourth-order valence-corrected chi connectivity index (χ4v) is 6.30. The van der Waals surface area contributed by atoms with Gasteiger partial charge in [-0.1, -0.05) is 6.07 Å². The van der Waals surface area contributed by atoms with E-state index < -0.39 is 18.0 Å². The molecule has 4 rings (SSSR count). The van der Waals surface area contributed by atoms with Crippen molar-refractivity contribution in [3.63, 3.8) is 0 Å². The van der Waals surface area contributed by atoms with E-state index >= 15 is 0 Å². The molecule has 0 saturated carbocycles. The van der Waals surface area contributed by atoms with Gasteiger partial charge in [0.15, 0.2) is 11.5 Å². The summed E-state index contributed by atoms with van der Waals surface area (Å²) in [6, 6.07) is 10.3. The van der Waals surface area contributed by atoms with Gasteiger partial charge in [0, 0.05) is 25.1 Å². The predicted molar refractivity (Wildman–Crippen MR) is 188 cm³/mol. The highest BCUT2D eigenvalue weighted by Gasteiger charge is 2.30. The van der Waals surface area contributed by atoms with Crippen molar-refractivity contribution in [3.05, 3.63) is 69.4 Å². The minimum absolute atomic E-state index is 0.193. The van der Waals surface area contributed by atoms with Crippen LogP contribution in [0.2, 0.25) is 0 Å². The maximum atomic E-state index is 13.9. The van der Waals surface area contributed by atoms with Crippen molar-refractivity contribution in [2.75, 3.05) is 58.1 Å². The van der Waals surface area contributed by atoms with E-state index in [0.29, 0.717) is 70.4 Å². The first-order valence-corrected chi connectivity index (χ1v) is 16.7. The largest absolute Gasteiger partial charge is 0.495 e. The monoisotopic (exact) mass is 678 g/mol. The zero-order valence-electron chi connectivity index (χ0n) is 28.2. The molecule has 4 N–H and O–H groups in total. The Morgan fingerprint density at radius 3 is 2.27 bits per heavy atom. The molecule has 256 valence electrons. The first kappa shape index (κ1) is 35.9. The number of benzene rings is 2. The van der Waals surface area contributed by atoms with E-state index in [4.69, 9.17) is 18.9 Å². The molecular formula is C35H42N4O8S. The fourth-order valence-electron chi connectivity index (χ4n) is 5.83. The Kier molecular flexibility index (Phi) is 12.2. The summed E-state index contributed by atoms with van der Waals surface area (Å²) in [6.07, 6.45) is 3.40. The number of carbonyl (C=O) groups excluding carboxylic acids is 3. The van der Waals surface area contributed by atoms with Gasteiger partial charge in [-0.3, -0.25) is 19.2 Å². The smallest absolute Gasteiger partial charge is 0.251 e. The molecule has 0 heterocycles. The molecule has 3 aromatic rings. The van der Waals surface area contributed by atoms with Gasteiger partial charge < -0.3 is 40.2 Å². The number of amides is 3. The lowest BCUT2D eigenvalue weighted by Crippen LogP contribution is -2.36. The van der Waals surface area contributed by atoms with Gasteiger partial charge in [0.05, 0.1) is 45.9 Å². The molecule has 0 bridgehead atoms. The first-order valence-electron chi connectivity index (χ1n) is 15.3. The number of hydrogen-bond acceptors (Lipinski definition) is 10. The molecule has 0 aliphatic heterocycles. The van der Waals surface area contributed by atoms with Crippen LogP contribution in [0.25, 0.3) is 11.1 Å². The molecule has 13 heteroatoms. The zero-order chi connectivity index (χ0) is 35.0. The van der Waals surface area contributed by atoms with E-state index in [2.05, 4.69) is 21.3 Å². The third kappa shape index (κ3) is 7.79. The number of hydrogen-bond donors (Lipinski definition) is 4. The van der Waals surface area contributed by atoms with Crippen molar-refractivity contribution >= 4 is 40.9 Å². The summed E-state index contributed by atoms with van der Waals surface area (Å²) in [6.45, 7) is 1.44. The second kappa shape index (κ2) is 16.3. The average molecular weight is 679 g/mol. The van der Waals surface area contributed by atoms with Crippen LogP contribution in [-0.4, -0.2) is 71.3 Å². The molecule has 1 aliphatic rings. The van der Waals surface area contributed by atoms with Crippen LogP contribution in [0, 0.1) is 0 Å². The molecule has 0 saturated heterocycles. The molecule has 0 fully saturated rings. The van der Waals surface area contributed by atoms with Crippen molar-refractivity contribution in [1.29, 1.82) is 0 Å². The molecule has 2 atom stereocenters. The quantitative estimate of drug-likeness (QED) is 0.205. The molecule has 0 radical (unpaired) electrons. The number of fused-ring (bicyclic) bond motifs is 3. The third-order valence-corrected chi connectivity index (χ3v) is 8.76. The van der Waals surface area contributed by atoms with Crippen molar-refractivity contribution < 1.29 is 33.3 Å². The number of nitrogens with one attached hydrogen (secondary N) is 4. The summed E-state index contributed by atoms with van der Waals surface area (Å²) in [4.78, 5) is 52.3. The topological polar surface area (TPSA) is 153 Å². The Morgan fingerprint density at radius 2 is 1.65 bits per heavy atom. The van der Waals surface area contributed by atoms with E-state index in [1.165, 1.54) is 47.4 Å². The van der Waals surface area contributed by atoms with Gasteiger partial charge in [-0.2, -0.15) is 11.8 Å². The maximum absolute atomic E-state index is 13.9. The number of anilines is 2. The van der Waals surface area contributed by atoms with Crippen molar-refractivity contribution in [2.24, 2.45) is 0 Å². The van der Waals surface area contributed by atoms with Crippen molar-refractivity contribution in [1.82, 2.24) is 10.6 Å². The number of thioether (sulfide) groups is 1. The summed E-state index contributed by atoms with van der Waals surface area (Å²) >= 11 is 1.56. The second-order valence-corrected chi connectivity index (χ2v) is 12.0. The Bertz CT molecular complexity index is 1750. The highest BCUT2D eigenvalue weighted by molar-refractivity contribution is 7.98. The van der Waals surface area contributed by atoms with Crippen LogP contribution in [0.3, 0.4) is 0 Å². The Labute approximate surface area is 284 Å². The molecule has 1 aliphatic carbocycles. The van der Waals surface area contributed by atoms with Gasteiger partial charge in [-0.15, -0.1) is 0 Å². The van der Waals surface area contributed by atoms with Crippen LogP contribution in [0.5, 0.6) is 23.0 Å². The van der Waals surface area contributed by atoms with Crippen LogP contribution in [-0.2, 0) is 16.0 Å². The SMILES string of the molecule is CNC(=O)c1ccc(OC)c(NC(=O)C(CCSC)Nc2ccc3c(cc2=O)C(NC(C)=O)CCc2cc(OC)c(OC)c(OC)c2-3)c1. The van der Waals surface area contributed by atoms with E-state index in [1.807, 2.05) is 12.3 Å². The summed E-state index contributed by atoms with van der Waals surface area (Å²) < 4.78 is 22.6. The Morgan fingerprint density at radius 1 is 0.917 bits per heavy atom. The lowest BCUT2D eigenvalue weighted by molar-refractivity contribution is -0.120. The van der Waals surface area contributed by atoms with Crippen molar-refractivity contribution in [3.8, 4) is 34.1 Å². The van der Waals surface area contributed by atoms with Gasteiger partial charge >= 0.3 is 0 Å². The fraction of sp³-hybridized carbons (Fsp3) is 0.371. The van der Waals surface area contributed by atoms with Crippen LogP contribution in [0.4, 0.5) is 11.4 Å². The van der Waals surface area contributed by atoms with Gasteiger partial charge in [-0.25, -0.2) is 0 Å². The zero-order valence-corrected chi connectivity index (χ0v) is 29.0. The average Bonchev–Trinajstić information content (AvgIpc) is 3.32. The first-order chi connectivity index (χ1) is 23.1. The summed E-state index contributed by atoms with van der Waals surface area (Å²) in [5.41, 5.74) is 3.39. The van der Waals surface area contributed by atoms with Gasteiger partial charge in [0.2, 0.25) is 23.0 Å². The summed E-state index contributed by atoms with van der Waals surface area (Å²) in [5, 5.41) is 11.6. The Hall–Kier alpha value is -4.91. The highest BCUT2D eigenvalue weighted by atomic mass is 32.2. The van der Waals surface area contributed by atoms with E-state index in [-0.39, 0.29) is 22.9 Å². The maximum Gasteiger partial charge on any atom is 0.251 e. The standard InChI is InChI=1S/C35H42N4O8S/c1-19(40)37-24-11-8-20-17-30(45-4)32(46-5)33(47-6)31(20)22-10-12-25(28(41)18-23(22)24)38-26(14-15-48-7)35(43)39-27-16-21(34(42)36-2)9-13-29(27)44-3/h9-10,12-13,16-18,24,26H,8,11,14-15H2,1-7H3,(H,36,42)(H,37,40)(H,38,41)(H,39,43). The molecule has 3 aromatic carbocycles. The molecule has 12 nitrogen and oxygen atoms in total. The molecule has 2 unspecified atom stereocenters. The Balaban J connectivity index is 1.82. The van der Waals surface area contributed by atoms with Gasteiger partial charge in [-0.05, 0) is 84.4 Å². The molecular weight excluding hydrogens is 636 g/mol. The van der Waals surface area contributed by atoms with Crippen LogP contribution < -0.4 is 45.6 Å². The van der Waals surface area contributed by atoms with E-state index in [1.54, 1.807) is 43.1 Å². The lowest BCUT2D eigenvalue weighted by Gasteiger charge is -2.20. The van der Waals surface area contributed by atoms with Gasteiger partial charge in [0.1, 0.15) is 11.8 Å². The number of carbonyl (C=O) groups is 3. The number of ether oxygens (including phenoxy) is 4. The third-order valence-electron chi connectivity index (χ3n) is 8.12. The summed E-state index contributed by atoms with van der Waals surface area (Å²) in [5.74, 6) is 1.38. The number of aryl methyl sites for hydroxylation is 1. The minimum atomic E-state index is -0.821. The molecule has 48 heavy (non-hydrogen) atoms. The van der Waals surface area contributed by atoms with Crippen LogP contribution in [0.15, 0.2) is 47.3 Å². The molecule has 3 amide bonds.